The standard InChI is InChI=1S/C26H25Cl2N3O3/c1-16-9-10-20(11-17(16)2)31-14-18(12-25(31)32)26(33)30-29-19-5-3-6-21(13-19)34-15-22-23(27)7-4-8-24(22)28/h3-11,13,18,29H,12,14-15H2,1-2H3,(H,30,33)/t18-/m1/s1. The first-order valence-corrected chi connectivity index (χ1v) is 11.7. The highest BCUT2D eigenvalue weighted by atomic mass is 35.5. The molecule has 1 aliphatic rings. The number of nitrogens with one attached hydrogen (secondary N) is 2. The van der Waals surface area contributed by atoms with Gasteiger partial charge in [-0.1, -0.05) is 41.4 Å². The molecule has 0 bridgehead atoms. The quantitative estimate of drug-likeness (QED) is 0.411. The van der Waals surface area contributed by atoms with Crippen LogP contribution in [-0.2, 0) is 16.2 Å². The van der Waals surface area contributed by atoms with Crippen molar-refractivity contribution in [3.63, 3.8) is 0 Å². The lowest BCUT2D eigenvalue weighted by molar-refractivity contribution is -0.125. The molecule has 1 atom stereocenters. The minimum absolute atomic E-state index is 0.0583. The third-order valence-electron chi connectivity index (χ3n) is 5.91. The summed E-state index contributed by atoms with van der Waals surface area (Å²) < 4.78 is 5.82. The Morgan fingerprint density at radius 1 is 1.03 bits per heavy atom. The number of halogens is 2. The number of amides is 2. The van der Waals surface area contributed by atoms with Crippen LogP contribution in [0.3, 0.4) is 0 Å². The summed E-state index contributed by atoms with van der Waals surface area (Å²) in [5, 5.41) is 1.07. The Kier molecular flexibility index (Phi) is 7.29. The van der Waals surface area contributed by atoms with Gasteiger partial charge in [-0.15, -0.1) is 0 Å². The van der Waals surface area contributed by atoms with E-state index in [4.69, 9.17) is 27.9 Å². The predicted octanol–water partition coefficient (Wildman–Crippen LogP) is 5.69. The Hall–Kier alpha value is -3.22. The van der Waals surface area contributed by atoms with Gasteiger partial charge in [-0.05, 0) is 61.4 Å². The van der Waals surface area contributed by atoms with Crippen molar-refractivity contribution in [2.24, 2.45) is 5.92 Å². The van der Waals surface area contributed by atoms with Crippen LogP contribution in [0.5, 0.6) is 5.75 Å². The second-order valence-electron chi connectivity index (χ2n) is 8.30. The second kappa shape index (κ2) is 10.4. The predicted molar refractivity (Wildman–Crippen MR) is 135 cm³/mol. The number of rotatable bonds is 7. The molecule has 0 saturated carbocycles. The topological polar surface area (TPSA) is 70.7 Å². The van der Waals surface area contributed by atoms with Crippen molar-refractivity contribution in [2.45, 2.75) is 26.9 Å². The van der Waals surface area contributed by atoms with Gasteiger partial charge in [-0.3, -0.25) is 20.4 Å². The summed E-state index contributed by atoms with van der Waals surface area (Å²) in [6.45, 7) is 4.59. The first-order valence-electron chi connectivity index (χ1n) is 10.9. The maximum Gasteiger partial charge on any atom is 0.243 e. The average Bonchev–Trinajstić information content (AvgIpc) is 3.21. The van der Waals surface area contributed by atoms with Crippen molar-refractivity contribution in [1.82, 2.24) is 5.43 Å². The van der Waals surface area contributed by atoms with Gasteiger partial charge in [0.2, 0.25) is 11.8 Å². The van der Waals surface area contributed by atoms with E-state index in [1.807, 2.05) is 32.0 Å². The van der Waals surface area contributed by atoms with Crippen molar-refractivity contribution < 1.29 is 14.3 Å². The largest absolute Gasteiger partial charge is 0.489 e. The van der Waals surface area contributed by atoms with Gasteiger partial charge < -0.3 is 9.64 Å². The number of aryl methyl sites for hydroxylation is 2. The molecule has 1 fully saturated rings. The highest BCUT2D eigenvalue weighted by molar-refractivity contribution is 6.35. The molecule has 0 aliphatic carbocycles. The van der Waals surface area contributed by atoms with Gasteiger partial charge in [0.15, 0.2) is 0 Å². The van der Waals surface area contributed by atoms with E-state index in [0.29, 0.717) is 33.6 Å². The molecular formula is C26H25Cl2N3O3. The summed E-state index contributed by atoms with van der Waals surface area (Å²) in [5.74, 6) is -0.151. The molecule has 6 nitrogen and oxygen atoms in total. The van der Waals surface area contributed by atoms with Gasteiger partial charge in [0.05, 0.1) is 11.6 Å². The van der Waals surface area contributed by atoms with Crippen molar-refractivity contribution in [3.05, 3.63) is 87.4 Å². The second-order valence-corrected chi connectivity index (χ2v) is 9.12. The van der Waals surface area contributed by atoms with Crippen LogP contribution in [-0.4, -0.2) is 18.4 Å². The van der Waals surface area contributed by atoms with Gasteiger partial charge in [0.1, 0.15) is 12.4 Å². The summed E-state index contributed by atoms with van der Waals surface area (Å²) in [6, 6.07) is 18.3. The zero-order valence-electron chi connectivity index (χ0n) is 18.9. The molecule has 1 aliphatic heterocycles. The normalized spacial score (nSPS) is 15.4. The molecule has 3 aromatic rings. The van der Waals surface area contributed by atoms with E-state index in [-0.39, 0.29) is 24.8 Å². The molecule has 3 aromatic carbocycles. The highest BCUT2D eigenvalue weighted by Gasteiger charge is 2.35. The van der Waals surface area contributed by atoms with E-state index in [1.165, 1.54) is 0 Å². The summed E-state index contributed by atoms with van der Waals surface area (Å²) in [4.78, 5) is 26.9. The fourth-order valence-corrected chi connectivity index (χ4v) is 4.26. The number of hydrogen-bond acceptors (Lipinski definition) is 4. The summed E-state index contributed by atoms with van der Waals surface area (Å²) in [5.41, 5.74) is 10.1. The van der Waals surface area contributed by atoms with Crippen LogP contribution in [0.2, 0.25) is 10.0 Å². The lowest BCUT2D eigenvalue weighted by Gasteiger charge is -2.18. The number of anilines is 2. The van der Waals surface area contributed by atoms with E-state index in [1.54, 1.807) is 47.4 Å². The van der Waals surface area contributed by atoms with Crippen LogP contribution < -0.4 is 20.5 Å². The monoisotopic (exact) mass is 497 g/mol. The molecule has 2 N–H and O–H groups in total. The molecule has 0 spiro atoms. The van der Waals surface area contributed by atoms with Gasteiger partial charge in [-0.2, -0.15) is 0 Å². The summed E-state index contributed by atoms with van der Waals surface area (Å²) >= 11 is 12.4. The number of hydrogen-bond donors (Lipinski definition) is 2. The zero-order chi connectivity index (χ0) is 24.2. The first-order chi connectivity index (χ1) is 16.3. The lowest BCUT2D eigenvalue weighted by atomic mass is 10.1. The van der Waals surface area contributed by atoms with E-state index >= 15 is 0 Å². The molecule has 1 heterocycles. The molecule has 2 amide bonds. The van der Waals surface area contributed by atoms with Crippen LogP contribution in [0.4, 0.5) is 11.4 Å². The maximum absolute atomic E-state index is 12.7. The van der Waals surface area contributed by atoms with Crippen molar-refractivity contribution >= 4 is 46.4 Å². The fourth-order valence-electron chi connectivity index (χ4n) is 3.75. The van der Waals surface area contributed by atoms with E-state index in [0.717, 1.165) is 16.8 Å². The van der Waals surface area contributed by atoms with Crippen LogP contribution in [0.1, 0.15) is 23.1 Å². The van der Waals surface area contributed by atoms with Crippen LogP contribution in [0.15, 0.2) is 60.7 Å². The smallest absolute Gasteiger partial charge is 0.243 e. The Morgan fingerprint density at radius 2 is 1.76 bits per heavy atom. The van der Waals surface area contributed by atoms with E-state index in [2.05, 4.69) is 10.9 Å². The zero-order valence-corrected chi connectivity index (χ0v) is 20.4. The van der Waals surface area contributed by atoms with Gasteiger partial charge in [-0.25, -0.2) is 0 Å². The van der Waals surface area contributed by atoms with Crippen molar-refractivity contribution in [1.29, 1.82) is 0 Å². The Morgan fingerprint density at radius 3 is 2.50 bits per heavy atom. The highest BCUT2D eigenvalue weighted by Crippen LogP contribution is 2.28. The molecule has 176 valence electrons. The first kappa shape index (κ1) is 23.9. The Bertz CT molecular complexity index is 1210. The number of benzene rings is 3. The molecule has 0 unspecified atom stereocenters. The van der Waals surface area contributed by atoms with Gasteiger partial charge in [0.25, 0.3) is 0 Å². The average molecular weight is 498 g/mol. The number of carbonyl (C=O) groups excluding carboxylic acids is 2. The number of carbonyl (C=O) groups is 2. The molecule has 8 heteroatoms. The number of hydrazine groups is 1. The maximum atomic E-state index is 12.7. The minimum Gasteiger partial charge on any atom is -0.489 e. The van der Waals surface area contributed by atoms with Gasteiger partial charge in [0, 0.05) is 40.3 Å². The Labute approximate surface area is 208 Å². The lowest BCUT2D eigenvalue weighted by Crippen LogP contribution is -2.36. The van der Waals surface area contributed by atoms with Crippen molar-refractivity contribution in [3.8, 4) is 5.75 Å². The van der Waals surface area contributed by atoms with Crippen LogP contribution in [0, 0.1) is 19.8 Å². The van der Waals surface area contributed by atoms with E-state index in [9.17, 15) is 9.59 Å². The third kappa shape index (κ3) is 5.46. The fraction of sp³-hybridized carbons (Fsp3) is 0.231. The van der Waals surface area contributed by atoms with E-state index < -0.39 is 5.92 Å². The summed E-state index contributed by atoms with van der Waals surface area (Å²) in [7, 11) is 0. The summed E-state index contributed by atoms with van der Waals surface area (Å²) in [6.07, 6.45) is 0.169. The molecule has 0 radical (unpaired) electrons. The number of nitrogens with zero attached hydrogens (tertiary/aromatic N) is 1. The van der Waals surface area contributed by atoms with Crippen LogP contribution in [0.25, 0.3) is 0 Å². The molecule has 4 rings (SSSR count). The Balaban J connectivity index is 1.33. The minimum atomic E-state index is -0.441. The van der Waals surface area contributed by atoms with Gasteiger partial charge >= 0.3 is 0 Å². The molecule has 34 heavy (non-hydrogen) atoms. The SMILES string of the molecule is Cc1ccc(N2C[C@H](C(=O)NNc3cccc(OCc4c(Cl)cccc4Cl)c3)CC2=O)cc1C. The third-order valence-corrected chi connectivity index (χ3v) is 6.62. The molecule has 1 saturated heterocycles. The number of ether oxygens (including phenoxy) is 1. The van der Waals surface area contributed by atoms with Crippen molar-refractivity contribution in [2.75, 3.05) is 16.9 Å². The van der Waals surface area contributed by atoms with Crippen LogP contribution >= 0.6 is 23.2 Å². The molecule has 0 aromatic heterocycles. The molecular weight excluding hydrogens is 473 g/mol.